The van der Waals surface area contributed by atoms with Crippen LogP contribution in [-0.4, -0.2) is 7.05 Å². The average Bonchev–Trinajstić information content (AvgIpc) is 2.31. The van der Waals surface area contributed by atoms with Crippen molar-refractivity contribution in [1.82, 2.24) is 5.32 Å². The topological polar surface area (TPSA) is 12.0 Å². The van der Waals surface area contributed by atoms with Gasteiger partial charge in [0, 0.05) is 20.6 Å². The van der Waals surface area contributed by atoms with Crippen molar-refractivity contribution in [1.29, 1.82) is 0 Å². The van der Waals surface area contributed by atoms with Gasteiger partial charge in [0.15, 0.2) is 0 Å². The molecule has 0 fully saturated rings. The molecular formula is C14H11Br2F2N. The van der Waals surface area contributed by atoms with E-state index in [-0.39, 0.29) is 6.04 Å². The lowest BCUT2D eigenvalue weighted by Crippen LogP contribution is -2.19. The van der Waals surface area contributed by atoms with Crippen LogP contribution in [0.25, 0.3) is 0 Å². The number of hydrogen-bond donors (Lipinski definition) is 1. The zero-order chi connectivity index (χ0) is 14.0. The summed E-state index contributed by atoms with van der Waals surface area (Å²) >= 11 is 6.80. The molecule has 1 unspecified atom stereocenters. The second kappa shape index (κ2) is 6.11. The van der Waals surface area contributed by atoms with Gasteiger partial charge in [-0.2, -0.15) is 0 Å². The van der Waals surface area contributed by atoms with E-state index in [1.165, 1.54) is 12.1 Å². The highest BCUT2D eigenvalue weighted by Crippen LogP contribution is 2.29. The summed E-state index contributed by atoms with van der Waals surface area (Å²) in [6, 6.07) is 8.97. The zero-order valence-corrected chi connectivity index (χ0v) is 13.2. The summed E-state index contributed by atoms with van der Waals surface area (Å²) in [4.78, 5) is 0. The molecule has 0 amide bonds. The third-order valence-corrected chi connectivity index (χ3v) is 3.70. The van der Waals surface area contributed by atoms with E-state index in [0.29, 0.717) is 5.56 Å². The summed E-state index contributed by atoms with van der Waals surface area (Å²) in [5, 5.41) is 3.05. The molecule has 1 nitrogen and oxygen atoms in total. The molecular weight excluding hydrogens is 380 g/mol. The standard InChI is InChI=1S/C14H11Br2F2N/c1-19-14(8-4-9(15)6-10(16)5-8)12-3-2-11(17)7-13(12)18/h2-7,14,19H,1H3. The molecule has 100 valence electrons. The second-order valence-corrected chi connectivity index (χ2v) is 5.92. The molecule has 2 aromatic rings. The minimum absolute atomic E-state index is 0.339. The van der Waals surface area contributed by atoms with Gasteiger partial charge in [0.25, 0.3) is 0 Å². The van der Waals surface area contributed by atoms with Crippen LogP contribution in [0.4, 0.5) is 8.78 Å². The largest absolute Gasteiger partial charge is 0.309 e. The van der Waals surface area contributed by atoms with Gasteiger partial charge in [-0.05, 0) is 36.9 Å². The van der Waals surface area contributed by atoms with Crippen molar-refractivity contribution in [3.05, 3.63) is 68.1 Å². The lowest BCUT2D eigenvalue weighted by atomic mass is 9.98. The van der Waals surface area contributed by atoms with Gasteiger partial charge in [0.05, 0.1) is 6.04 Å². The highest BCUT2D eigenvalue weighted by atomic mass is 79.9. The summed E-state index contributed by atoms with van der Waals surface area (Å²) in [5.74, 6) is -1.14. The summed E-state index contributed by atoms with van der Waals surface area (Å²) in [6.45, 7) is 0. The van der Waals surface area contributed by atoms with Crippen molar-refractivity contribution in [2.75, 3.05) is 7.05 Å². The number of halogens is 4. The van der Waals surface area contributed by atoms with Crippen molar-refractivity contribution in [2.24, 2.45) is 0 Å². The van der Waals surface area contributed by atoms with Crippen molar-refractivity contribution in [3.63, 3.8) is 0 Å². The van der Waals surface area contributed by atoms with Gasteiger partial charge in [-0.15, -0.1) is 0 Å². The van der Waals surface area contributed by atoms with Crippen LogP contribution in [0.3, 0.4) is 0 Å². The molecule has 0 saturated heterocycles. The second-order valence-electron chi connectivity index (χ2n) is 4.09. The van der Waals surface area contributed by atoms with E-state index >= 15 is 0 Å². The van der Waals surface area contributed by atoms with Gasteiger partial charge in [-0.3, -0.25) is 0 Å². The molecule has 5 heteroatoms. The van der Waals surface area contributed by atoms with Crippen LogP contribution in [-0.2, 0) is 0 Å². The number of hydrogen-bond acceptors (Lipinski definition) is 1. The molecule has 0 aromatic heterocycles. The fourth-order valence-corrected chi connectivity index (χ4v) is 3.31. The number of benzene rings is 2. The minimum Gasteiger partial charge on any atom is -0.309 e. The van der Waals surface area contributed by atoms with Gasteiger partial charge in [-0.1, -0.05) is 37.9 Å². The molecule has 0 spiro atoms. The average molecular weight is 391 g/mol. The maximum absolute atomic E-state index is 13.9. The summed E-state index contributed by atoms with van der Waals surface area (Å²) in [7, 11) is 1.74. The molecule has 0 saturated carbocycles. The highest BCUT2D eigenvalue weighted by Gasteiger charge is 2.17. The molecule has 0 radical (unpaired) electrons. The van der Waals surface area contributed by atoms with E-state index in [9.17, 15) is 8.78 Å². The molecule has 2 rings (SSSR count). The Balaban J connectivity index is 2.49. The zero-order valence-electron chi connectivity index (χ0n) is 10.1. The molecule has 0 aliphatic heterocycles. The molecule has 0 aliphatic rings. The monoisotopic (exact) mass is 389 g/mol. The first-order chi connectivity index (χ1) is 9.01. The number of rotatable bonds is 3. The predicted octanol–water partition coefficient (Wildman–Crippen LogP) is 4.80. The first-order valence-electron chi connectivity index (χ1n) is 5.59. The fraction of sp³-hybridized carbons (Fsp3) is 0.143. The van der Waals surface area contributed by atoms with Gasteiger partial charge >= 0.3 is 0 Å². The molecule has 0 heterocycles. The van der Waals surface area contributed by atoms with Crippen LogP contribution in [0.1, 0.15) is 17.2 Å². The Hall–Kier alpha value is -0.780. The van der Waals surface area contributed by atoms with E-state index in [0.717, 1.165) is 20.6 Å². The van der Waals surface area contributed by atoms with Crippen LogP contribution in [0.15, 0.2) is 45.3 Å². The van der Waals surface area contributed by atoms with Gasteiger partial charge < -0.3 is 5.32 Å². The third kappa shape index (κ3) is 3.41. The summed E-state index contributed by atoms with van der Waals surface area (Å²) in [6.07, 6.45) is 0. The van der Waals surface area contributed by atoms with Crippen molar-refractivity contribution < 1.29 is 8.78 Å². The minimum atomic E-state index is -0.577. The summed E-state index contributed by atoms with van der Waals surface area (Å²) in [5.41, 5.74) is 1.29. The predicted molar refractivity (Wildman–Crippen MR) is 79.1 cm³/mol. The number of nitrogens with one attached hydrogen (secondary N) is 1. The molecule has 0 bridgehead atoms. The van der Waals surface area contributed by atoms with Gasteiger partial charge in [-0.25, -0.2) is 8.78 Å². The fourth-order valence-electron chi connectivity index (χ4n) is 1.98. The van der Waals surface area contributed by atoms with Gasteiger partial charge in [0.2, 0.25) is 0 Å². The van der Waals surface area contributed by atoms with E-state index in [4.69, 9.17) is 0 Å². The maximum Gasteiger partial charge on any atom is 0.131 e. The first-order valence-corrected chi connectivity index (χ1v) is 7.18. The van der Waals surface area contributed by atoms with E-state index in [2.05, 4.69) is 37.2 Å². The Morgan fingerprint density at radius 2 is 1.63 bits per heavy atom. The van der Waals surface area contributed by atoms with E-state index < -0.39 is 11.6 Å². The van der Waals surface area contributed by atoms with Crippen molar-refractivity contribution in [2.45, 2.75) is 6.04 Å². The van der Waals surface area contributed by atoms with Crippen LogP contribution in [0, 0.1) is 11.6 Å². The normalized spacial score (nSPS) is 12.5. The third-order valence-electron chi connectivity index (χ3n) is 2.78. The van der Waals surface area contributed by atoms with Crippen LogP contribution in [0.5, 0.6) is 0 Å². The quantitative estimate of drug-likeness (QED) is 0.793. The van der Waals surface area contributed by atoms with Gasteiger partial charge in [0.1, 0.15) is 11.6 Å². The molecule has 19 heavy (non-hydrogen) atoms. The maximum atomic E-state index is 13.9. The Kier molecular flexibility index (Phi) is 4.71. The van der Waals surface area contributed by atoms with Crippen molar-refractivity contribution >= 4 is 31.9 Å². The highest BCUT2D eigenvalue weighted by molar-refractivity contribution is 9.11. The Morgan fingerprint density at radius 3 is 2.16 bits per heavy atom. The molecule has 1 N–H and O–H groups in total. The van der Waals surface area contributed by atoms with Crippen LogP contribution < -0.4 is 5.32 Å². The Labute approximate surface area is 127 Å². The first kappa shape index (κ1) is 14.6. The Morgan fingerprint density at radius 1 is 1.00 bits per heavy atom. The van der Waals surface area contributed by atoms with Crippen LogP contribution in [0.2, 0.25) is 0 Å². The van der Waals surface area contributed by atoms with E-state index in [1.807, 2.05) is 18.2 Å². The van der Waals surface area contributed by atoms with Crippen molar-refractivity contribution in [3.8, 4) is 0 Å². The SMILES string of the molecule is CNC(c1cc(Br)cc(Br)c1)c1ccc(F)cc1F. The van der Waals surface area contributed by atoms with Crippen LogP contribution >= 0.6 is 31.9 Å². The lowest BCUT2D eigenvalue weighted by Gasteiger charge is -2.18. The molecule has 0 aliphatic carbocycles. The molecule has 2 aromatic carbocycles. The Bertz CT molecular complexity index is 582. The summed E-state index contributed by atoms with van der Waals surface area (Å²) < 4.78 is 28.6. The smallest absolute Gasteiger partial charge is 0.131 e. The van der Waals surface area contributed by atoms with E-state index in [1.54, 1.807) is 7.05 Å². The molecule has 1 atom stereocenters. The lowest BCUT2D eigenvalue weighted by molar-refractivity contribution is 0.551.